The van der Waals surface area contributed by atoms with Crippen molar-refractivity contribution < 1.29 is 14.4 Å². The second-order valence-electron chi connectivity index (χ2n) is 7.25. The van der Waals surface area contributed by atoms with Crippen molar-refractivity contribution in [2.75, 3.05) is 6.54 Å². The second-order valence-corrected chi connectivity index (χ2v) is 8.74. The van der Waals surface area contributed by atoms with E-state index in [-0.39, 0.29) is 34.6 Å². The van der Waals surface area contributed by atoms with Gasteiger partial charge < -0.3 is 0 Å². The molecule has 118 valence electrons. The predicted molar refractivity (Wildman–Crippen MR) is 84.7 cm³/mol. The van der Waals surface area contributed by atoms with Crippen molar-refractivity contribution in [1.29, 1.82) is 0 Å². The Morgan fingerprint density at radius 1 is 1.24 bits per heavy atom. The Bertz CT molecular complexity index is 447. The number of hydrogen-bond acceptors (Lipinski definition) is 3. The average molecular weight is 311 g/mol. The third-order valence-corrected chi connectivity index (χ3v) is 5.41. The van der Waals surface area contributed by atoms with Crippen molar-refractivity contribution in [2.24, 2.45) is 17.8 Å². The largest absolute Gasteiger partial charge is 0.300 e. The molecule has 0 N–H and O–H groups in total. The van der Waals surface area contributed by atoms with E-state index in [9.17, 15) is 14.4 Å². The minimum Gasteiger partial charge on any atom is -0.300 e. The number of rotatable bonds is 4. The molecule has 2 aliphatic rings. The minimum atomic E-state index is -0.242. The number of Topliss-reactive ketones (excluding diaryl/α,β-unsaturated/α-hetero) is 1. The normalized spacial score (nSPS) is 30.9. The fourth-order valence-corrected chi connectivity index (χ4v) is 3.73. The molecule has 2 unspecified atom stereocenters. The first-order valence-corrected chi connectivity index (χ1v) is 8.41. The van der Waals surface area contributed by atoms with E-state index < -0.39 is 0 Å². The van der Waals surface area contributed by atoms with Crippen LogP contribution in [0.3, 0.4) is 0 Å². The zero-order valence-electron chi connectivity index (χ0n) is 13.2. The van der Waals surface area contributed by atoms with Crippen LogP contribution in [-0.2, 0) is 14.4 Å². The predicted octanol–water partition coefficient (Wildman–Crippen LogP) is 2.41. The zero-order valence-corrected chi connectivity index (χ0v) is 14.4. The molecule has 0 radical (unpaired) electrons. The first-order chi connectivity index (χ1) is 9.70. The van der Waals surface area contributed by atoms with Crippen molar-refractivity contribution in [1.82, 2.24) is 4.90 Å². The number of imide groups is 1. The highest BCUT2D eigenvalue weighted by atomic mass is 31.0. The van der Waals surface area contributed by atoms with E-state index in [0.717, 1.165) is 25.7 Å². The summed E-state index contributed by atoms with van der Waals surface area (Å²) in [7, 11) is 2.68. The number of nitrogens with zero attached hydrogens (tertiary/aromatic N) is 1. The molecule has 1 heterocycles. The average Bonchev–Trinajstić information content (AvgIpc) is 2.67. The molecule has 2 atom stereocenters. The van der Waals surface area contributed by atoms with Crippen molar-refractivity contribution >= 4 is 26.8 Å². The maximum absolute atomic E-state index is 12.4. The summed E-state index contributed by atoms with van der Waals surface area (Å²) >= 11 is 0. The first-order valence-electron chi connectivity index (χ1n) is 7.83. The Morgan fingerprint density at radius 3 is 2.24 bits per heavy atom. The van der Waals surface area contributed by atoms with Gasteiger partial charge in [0.05, 0.1) is 5.92 Å². The van der Waals surface area contributed by atoms with Crippen LogP contribution in [-0.4, -0.2) is 34.2 Å². The summed E-state index contributed by atoms with van der Waals surface area (Å²) < 4.78 is 0. The van der Waals surface area contributed by atoms with Crippen LogP contribution in [0, 0.1) is 17.8 Å². The van der Waals surface area contributed by atoms with E-state index in [0.29, 0.717) is 18.9 Å². The van der Waals surface area contributed by atoms with E-state index in [1.165, 1.54) is 4.90 Å². The standard InChI is InChI=1S/C16H26NO3P/c1-10(18)12-6-4-11(5-7-12)9-17-14(19)8-13(15(17)20)16(2,3)21/h11-13H,4-9,21H2,1-3H3. The summed E-state index contributed by atoms with van der Waals surface area (Å²) in [4.78, 5) is 37.4. The summed E-state index contributed by atoms with van der Waals surface area (Å²) in [6.45, 7) is 6.16. The summed E-state index contributed by atoms with van der Waals surface area (Å²) in [5, 5.41) is -0.242. The second kappa shape index (κ2) is 6.16. The first kappa shape index (κ1) is 16.6. The number of hydrogen-bond donors (Lipinski definition) is 0. The molecule has 21 heavy (non-hydrogen) atoms. The highest BCUT2D eigenvalue weighted by Gasteiger charge is 2.45. The molecular formula is C16H26NO3P. The number of likely N-dealkylation sites (tertiary alicyclic amines) is 1. The van der Waals surface area contributed by atoms with Crippen LogP contribution in [0.4, 0.5) is 0 Å². The van der Waals surface area contributed by atoms with Crippen molar-refractivity contribution in [3.8, 4) is 0 Å². The van der Waals surface area contributed by atoms with E-state index in [1.807, 2.05) is 13.8 Å². The molecule has 0 spiro atoms. The lowest BCUT2D eigenvalue weighted by Gasteiger charge is -2.30. The van der Waals surface area contributed by atoms with Gasteiger partial charge in [0.2, 0.25) is 11.8 Å². The molecule has 0 aromatic heterocycles. The molecular weight excluding hydrogens is 285 g/mol. The number of ketones is 1. The van der Waals surface area contributed by atoms with Crippen molar-refractivity contribution in [3.05, 3.63) is 0 Å². The molecule has 1 saturated carbocycles. The summed E-state index contributed by atoms with van der Waals surface area (Å²) in [6.07, 6.45) is 4.01. The quantitative estimate of drug-likeness (QED) is 0.592. The lowest BCUT2D eigenvalue weighted by molar-refractivity contribution is -0.140. The van der Waals surface area contributed by atoms with Crippen LogP contribution in [0.25, 0.3) is 0 Å². The highest BCUT2D eigenvalue weighted by molar-refractivity contribution is 7.19. The van der Waals surface area contributed by atoms with Gasteiger partial charge in [-0.15, -0.1) is 9.24 Å². The van der Waals surface area contributed by atoms with Gasteiger partial charge in [-0.05, 0) is 43.7 Å². The van der Waals surface area contributed by atoms with Gasteiger partial charge in [0.15, 0.2) is 0 Å². The van der Waals surface area contributed by atoms with Crippen molar-refractivity contribution in [2.45, 2.75) is 58.0 Å². The Morgan fingerprint density at radius 2 is 1.81 bits per heavy atom. The lowest BCUT2D eigenvalue weighted by atomic mass is 9.80. The van der Waals surface area contributed by atoms with Gasteiger partial charge in [-0.25, -0.2) is 0 Å². The molecule has 4 nitrogen and oxygen atoms in total. The van der Waals surface area contributed by atoms with E-state index in [1.54, 1.807) is 6.92 Å². The molecule has 1 aliphatic carbocycles. The molecule has 0 aromatic rings. The summed E-state index contributed by atoms with van der Waals surface area (Å²) in [5.41, 5.74) is 0. The van der Waals surface area contributed by atoms with Gasteiger partial charge >= 0.3 is 0 Å². The molecule has 2 fully saturated rings. The van der Waals surface area contributed by atoms with Crippen LogP contribution in [0.1, 0.15) is 52.9 Å². The Labute approximate surface area is 129 Å². The van der Waals surface area contributed by atoms with Gasteiger partial charge in [0.1, 0.15) is 5.78 Å². The maximum Gasteiger partial charge on any atom is 0.233 e. The van der Waals surface area contributed by atoms with Gasteiger partial charge in [-0.1, -0.05) is 13.8 Å². The smallest absolute Gasteiger partial charge is 0.233 e. The highest BCUT2D eigenvalue weighted by Crippen LogP contribution is 2.37. The SMILES string of the molecule is CC(=O)C1CCC(CN2C(=O)CC(C(C)(C)P)C2=O)CC1. The molecule has 2 amide bonds. The van der Waals surface area contributed by atoms with Crippen LogP contribution >= 0.6 is 9.24 Å². The minimum absolute atomic E-state index is 0.0197. The molecule has 1 saturated heterocycles. The van der Waals surface area contributed by atoms with E-state index in [4.69, 9.17) is 0 Å². The topological polar surface area (TPSA) is 54.5 Å². The zero-order chi connectivity index (χ0) is 15.8. The fraction of sp³-hybridized carbons (Fsp3) is 0.812. The number of carbonyl (C=O) groups excluding carboxylic acids is 3. The molecule has 1 aliphatic heterocycles. The number of amides is 2. The molecule has 0 aromatic carbocycles. The monoisotopic (exact) mass is 311 g/mol. The van der Waals surface area contributed by atoms with E-state index in [2.05, 4.69) is 9.24 Å². The number of carbonyl (C=O) groups is 3. The van der Waals surface area contributed by atoms with Gasteiger partial charge in [0.25, 0.3) is 0 Å². The third kappa shape index (κ3) is 3.71. The Hall–Kier alpha value is -0.760. The van der Waals surface area contributed by atoms with Crippen molar-refractivity contribution in [3.63, 3.8) is 0 Å². The van der Waals surface area contributed by atoms with E-state index >= 15 is 0 Å². The van der Waals surface area contributed by atoms with Gasteiger partial charge in [-0.2, -0.15) is 0 Å². The Balaban J connectivity index is 1.94. The Kier molecular flexibility index (Phi) is 4.87. The summed E-state index contributed by atoms with van der Waals surface area (Å²) in [6, 6.07) is 0. The van der Waals surface area contributed by atoms with Gasteiger partial charge in [-0.3, -0.25) is 19.3 Å². The van der Waals surface area contributed by atoms with Crippen LogP contribution in [0.2, 0.25) is 0 Å². The molecule has 2 rings (SSSR count). The van der Waals surface area contributed by atoms with Crippen LogP contribution in [0.15, 0.2) is 0 Å². The van der Waals surface area contributed by atoms with Gasteiger partial charge in [0, 0.05) is 18.9 Å². The third-order valence-electron chi connectivity index (χ3n) is 5.00. The maximum atomic E-state index is 12.4. The molecule has 5 heteroatoms. The van der Waals surface area contributed by atoms with Crippen LogP contribution < -0.4 is 0 Å². The molecule has 0 bridgehead atoms. The summed E-state index contributed by atoms with van der Waals surface area (Å²) in [5.74, 6) is 0.544. The fourth-order valence-electron chi connectivity index (χ4n) is 3.47. The van der Waals surface area contributed by atoms with Crippen LogP contribution in [0.5, 0.6) is 0 Å². The lowest BCUT2D eigenvalue weighted by Crippen LogP contribution is -2.39.